The lowest BCUT2D eigenvalue weighted by molar-refractivity contribution is 0.656. The molecule has 0 aliphatic heterocycles. The van der Waals surface area contributed by atoms with Crippen molar-refractivity contribution < 1.29 is 8.83 Å². The molecule has 0 bridgehead atoms. The molecular weight excluding hydrogens is 877 g/mol. The maximum Gasteiger partial charge on any atom is 0.139 e. The molecule has 2 aromatic heterocycles. The van der Waals surface area contributed by atoms with Crippen LogP contribution in [0.5, 0.6) is 0 Å². The van der Waals surface area contributed by atoms with Crippen LogP contribution in [-0.4, -0.2) is 0 Å². The van der Waals surface area contributed by atoms with Crippen LogP contribution >= 0.6 is 0 Å². The first-order valence-corrected chi connectivity index (χ1v) is 25.1. The van der Waals surface area contributed by atoms with Crippen molar-refractivity contribution in [2.45, 2.75) is 38.5 Å². The molecule has 0 saturated heterocycles. The quantitative estimate of drug-likeness (QED) is 0.166. The van der Waals surface area contributed by atoms with Crippen LogP contribution in [0.3, 0.4) is 0 Å². The highest BCUT2D eigenvalue weighted by Crippen LogP contribution is 2.53. The second-order valence-electron chi connectivity index (χ2n) is 21.0. The third-order valence-corrected chi connectivity index (χ3v) is 16.1. The second-order valence-corrected chi connectivity index (χ2v) is 21.0. The van der Waals surface area contributed by atoms with E-state index in [0.717, 1.165) is 99.5 Å². The first kappa shape index (κ1) is 41.0. The standard InChI is InChI=1S/C68H48N2O2/c1-67(2)59-21-13-11-19-51(59)53-29-27-49(37-61(53)67)69(45-15-7-5-8-16-45)47-25-23-41-33-55-57-39-58-56-34-42-24-26-48(32-44(42)36-64(56)72-66(58)40-65(57)71-63(55)35-43(41)31-47)70(46-17-9-6-10-18-46)50-28-30-54-52-20-12-14-22-60(52)68(3,4)62(54)38-50/h5-40H,1-4H3. The van der Waals surface area contributed by atoms with Gasteiger partial charge in [-0.25, -0.2) is 0 Å². The first-order valence-electron chi connectivity index (χ1n) is 25.1. The molecule has 0 fully saturated rings. The van der Waals surface area contributed by atoms with Gasteiger partial charge < -0.3 is 18.6 Å². The SMILES string of the molecule is CC1(C)c2ccccc2-c2ccc(N(c3ccccc3)c3ccc4cc5c(cc4c3)oc3cc4oc6cc7cc(N(c8ccccc8)c8ccc9c(c8)C(C)(C)c8ccccc8-9)ccc7cc6c4cc35)cc21. The summed E-state index contributed by atoms with van der Waals surface area (Å²) in [5.74, 6) is 0. The van der Waals surface area contributed by atoms with Gasteiger partial charge in [0.1, 0.15) is 22.3 Å². The van der Waals surface area contributed by atoms with Crippen molar-refractivity contribution >= 4 is 99.5 Å². The highest BCUT2D eigenvalue weighted by atomic mass is 16.3. The lowest BCUT2D eigenvalue weighted by atomic mass is 9.82. The minimum atomic E-state index is -0.104. The van der Waals surface area contributed by atoms with E-state index in [1.165, 1.54) is 44.5 Å². The van der Waals surface area contributed by atoms with Gasteiger partial charge in [-0.05, 0) is 169 Å². The van der Waals surface area contributed by atoms with Gasteiger partial charge in [0.2, 0.25) is 0 Å². The average Bonchev–Trinajstić information content (AvgIpc) is 4.08. The Kier molecular flexibility index (Phi) is 8.44. The summed E-state index contributed by atoms with van der Waals surface area (Å²) in [4.78, 5) is 4.75. The summed E-state index contributed by atoms with van der Waals surface area (Å²) < 4.78 is 13.4. The molecule has 0 amide bonds. The van der Waals surface area contributed by atoms with Gasteiger partial charge in [0.05, 0.1) is 0 Å². The Morgan fingerprint density at radius 2 is 0.625 bits per heavy atom. The number of furan rings is 2. The highest BCUT2D eigenvalue weighted by Gasteiger charge is 2.37. The molecule has 2 heterocycles. The van der Waals surface area contributed by atoms with Crippen LogP contribution in [0, 0.1) is 0 Å². The summed E-state index contributed by atoms with van der Waals surface area (Å²) in [5.41, 5.74) is 20.5. The van der Waals surface area contributed by atoms with Crippen molar-refractivity contribution in [2.75, 3.05) is 9.80 Å². The van der Waals surface area contributed by atoms with Gasteiger partial charge in [0.25, 0.3) is 0 Å². The zero-order chi connectivity index (χ0) is 48.0. The fourth-order valence-corrected chi connectivity index (χ4v) is 12.5. The van der Waals surface area contributed by atoms with Crippen LogP contribution < -0.4 is 9.80 Å². The molecule has 4 nitrogen and oxygen atoms in total. The first-order chi connectivity index (χ1) is 35.2. The number of fused-ring (bicyclic) bond motifs is 14. The summed E-state index contributed by atoms with van der Waals surface area (Å²) in [6, 6.07) is 79.9. The Morgan fingerprint density at radius 1 is 0.264 bits per heavy atom. The van der Waals surface area contributed by atoms with Gasteiger partial charge in [-0.15, -0.1) is 0 Å². The minimum Gasteiger partial charge on any atom is -0.456 e. The summed E-state index contributed by atoms with van der Waals surface area (Å²) in [5, 5.41) is 8.88. The van der Waals surface area contributed by atoms with E-state index in [1.54, 1.807) is 0 Å². The number of para-hydroxylation sites is 2. The molecule has 2 aliphatic carbocycles. The van der Waals surface area contributed by atoms with E-state index in [9.17, 15) is 0 Å². The van der Waals surface area contributed by atoms with E-state index in [2.05, 4.69) is 256 Å². The predicted octanol–water partition coefficient (Wildman–Crippen LogP) is 19.3. The van der Waals surface area contributed by atoms with Gasteiger partial charge in [0.15, 0.2) is 0 Å². The van der Waals surface area contributed by atoms with Gasteiger partial charge in [-0.2, -0.15) is 0 Å². The van der Waals surface area contributed by atoms with Gasteiger partial charge in [-0.1, -0.05) is 137 Å². The molecule has 0 unspecified atom stereocenters. The van der Waals surface area contributed by atoms with Crippen molar-refractivity contribution in [3.63, 3.8) is 0 Å². The van der Waals surface area contributed by atoms with Gasteiger partial charge >= 0.3 is 0 Å². The molecule has 11 aromatic carbocycles. The number of hydrogen-bond donors (Lipinski definition) is 0. The van der Waals surface area contributed by atoms with E-state index < -0.39 is 0 Å². The van der Waals surface area contributed by atoms with E-state index in [0.29, 0.717) is 0 Å². The Balaban J connectivity index is 0.804. The number of rotatable bonds is 6. The zero-order valence-electron chi connectivity index (χ0n) is 40.5. The fraction of sp³-hybridized carbons (Fsp3) is 0.0882. The number of hydrogen-bond acceptors (Lipinski definition) is 4. The van der Waals surface area contributed by atoms with Crippen molar-refractivity contribution in [1.82, 2.24) is 0 Å². The van der Waals surface area contributed by atoms with E-state index >= 15 is 0 Å². The molecule has 0 saturated carbocycles. The Bertz CT molecular complexity index is 4120. The minimum absolute atomic E-state index is 0.104. The third kappa shape index (κ3) is 5.93. The van der Waals surface area contributed by atoms with Crippen molar-refractivity contribution in [3.05, 3.63) is 241 Å². The smallest absolute Gasteiger partial charge is 0.139 e. The summed E-state index contributed by atoms with van der Waals surface area (Å²) in [6.07, 6.45) is 0. The molecular formula is C68H48N2O2. The van der Waals surface area contributed by atoms with Crippen molar-refractivity contribution in [2.24, 2.45) is 0 Å². The van der Waals surface area contributed by atoms with Crippen LogP contribution in [0.2, 0.25) is 0 Å². The number of anilines is 6. The van der Waals surface area contributed by atoms with Crippen LogP contribution in [0.15, 0.2) is 227 Å². The van der Waals surface area contributed by atoms with Crippen LogP contribution in [0.25, 0.3) is 87.7 Å². The lowest BCUT2D eigenvalue weighted by Crippen LogP contribution is -2.16. The maximum absolute atomic E-state index is 6.72. The molecule has 0 radical (unpaired) electrons. The topological polar surface area (TPSA) is 32.8 Å². The molecule has 13 aromatic rings. The predicted molar refractivity (Wildman–Crippen MR) is 301 cm³/mol. The molecule has 2 aliphatic rings. The molecule has 0 atom stereocenters. The van der Waals surface area contributed by atoms with Crippen LogP contribution in [0.1, 0.15) is 49.9 Å². The summed E-state index contributed by atoms with van der Waals surface area (Å²) in [7, 11) is 0. The third-order valence-electron chi connectivity index (χ3n) is 16.1. The average molecular weight is 925 g/mol. The van der Waals surface area contributed by atoms with Gasteiger partial charge in [0, 0.05) is 72.6 Å². The van der Waals surface area contributed by atoms with E-state index in [4.69, 9.17) is 8.83 Å². The van der Waals surface area contributed by atoms with E-state index in [1.807, 2.05) is 0 Å². The molecule has 15 rings (SSSR count). The number of benzene rings is 11. The summed E-state index contributed by atoms with van der Waals surface area (Å²) >= 11 is 0. The van der Waals surface area contributed by atoms with E-state index in [-0.39, 0.29) is 10.8 Å². The Hall–Kier alpha value is -8.86. The lowest BCUT2D eigenvalue weighted by Gasteiger charge is -2.28. The molecule has 72 heavy (non-hydrogen) atoms. The van der Waals surface area contributed by atoms with Crippen molar-refractivity contribution in [1.29, 1.82) is 0 Å². The Morgan fingerprint density at radius 3 is 1.08 bits per heavy atom. The maximum atomic E-state index is 6.72. The monoisotopic (exact) mass is 924 g/mol. The molecule has 0 spiro atoms. The van der Waals surface area contributed by atoms with Crippen LogP contribution in [-0.2, 0) is 10.8 Å². The van der Waals surface area contributed by atoms with Crippen LogP contribution in [0.4, 0.5) is 34.1 Å². The Labute approximate surface area is 417 Å². The fourth-order valence-electron chi connectivity index (χ4n) is 12.5. The zero-order valence-corrected chi connectivity index (χ0v) is 40.5. The number of nitrogens with zero attached hydrogens (tertiary/aromatic N) is 2. The molecule has 0 N–H and O–H groups in total. The normalized spacial score (nSPS) is 14.1. The largest absolute Gasteiger partial charge is 0.456 e. The molecule has 4 heteroatoms. The second kappa shape index (κ2) is 14.8. The highest BCUT2D eigenvalue weighted by molar-refractivity contribution is 6.18. The molecule has 342 valence electrons. The summed E-state index contributed by atoms with van der Waals surface area (Å²) in [6.45, 7) is 9.37. The van der Waals surface area contributed by atoms with Gasteiger partial charge in [-0.3, -0.25) is 0 Å². The van der Waals surface area contributed by atoms with Crippen molar-refractivity contribution in [3.8, 4) is 22.3 Å².